The Balaban J connectivity index is 1.13. The van der Waals surface area contributed by atoms with Crippen LogP contribution in [0.25, 0.3) is 44.2 Å². The van der Waals surface area contributed by atoms with E-state index in [0.717, 1.165) is 44.6 Å². The maximum absolute atomic E-state index is 6.82. The predicted molar refractivity (Wildman–Crippen MR) is 223 cm³/mol. The van der Waals surface area contributed by atoms with E-state index in [1.54, 1.807) is 0 Å². The van der Waals surface area contributed by atoms with E-state index in [1.807, 2.05) is 0 Å². The van der Waals surface area contributed by atoms with Gasteiger partial charge in [0.15, 0.2) is 0 Å². The fourth-order valence-corrected chi connectivity index (χ4v) is 9.75. The summed E-state index contributed by atoms with van der Waals surface area (Å²) >= 11 is 0. The smallest absolute Gasteiger partial charge is 0.140 e. The molecule has 11 rings (SSSR count). The van der Waals surface area contributed by atoms with Crippen molar-refractivity contribution in [3.63, 3.8) is 0 Å². The Labute approximate surface area is 315 Å². The lowest BCUT2D eigenvalue weighted by atomic mass is 9.67. The molecule has 9 aromatic rings. The third kappa shape index (κ3) is 4.17. The van der Waals surface area contributed by atoms with Gasteiger partial charge in [-0.2, -0.15) is 0 Å². The minimum absolute atomic E-state index is 0.0958. The fraction of sp³-hybridized carbons (Fsp3) is 0.0769. The maximum Gasteiger partial charge on any atom is 0.140 e. The second-order valence-corrected chi connectivity index (χ2v) is 15.2. The molecule has 0 saturated heterocycles. The zero-order valence-electron chi connectivity index (χ0n) is 30.3. The van der Waals surface area contributed by atoms with Crippen LogP contribution in [0.4, 0.5) is 17.1 Å². The minimum atomic E-state index is -0.597. The van der Waals surface area contributed by atoms with Gasteiger partial charge in [-0.15, -0.1) is 0 Å². The highest BCUT2D eigenvalue weighted by molar-refractivity contribution is 6.07. The molecule has 2 aliphatic rings. The molecule has 0 radical (unpaired) electrons. The van der Waals surface area contributed by atoms with Gasteiger partial charge in [0.2, 0.25) is 0 Å². The number of furan rings is 1. The van der Waals surface area contributed by atoms with E-state index in [-0.39, 0.29) is 5.41 Å². The van der Waals surface area contributed by atoms with Crippen LogP contribution in [0.3, 0.4) is 0 Å². The van der Waals surface area contributed by atoms with Crippen LogP contribution in [0.1, 0.15) is 47.2 Å². The zero-order chi connectivity index (χ0) is 36.0. The van der Waals surface area contributed by atoms with E-state index < -0.39 is 5.41 Å². The van der Waals surface area contributed by atoms with Gasteiger partial charge >= 0.3 is 0 Å². The van der Waals surface area contributed by atoms with Gasteiger partial charge < -0.3 is 9.32 Å². The molecule has 0 spiro atoms. The van der Waals surface area contributed by atoms with E-state index in [0.29, 0.717) is 0 Å². The summed E-state index contributed by atoms with van der Waals surface area (Å²) in [5.74, 6) is 0. The molecule has 2 aliphatic carbocycles. The Bertz CT molecular complexity index is 2870. The van der Waals surface area contributed by atoms with Crippen molar-refractivity contribution in [3.05, 3.63) is 221 Å². The number of benzene rings is 8. The maximum atomic E-state index is 6.82. The average molecular weight is 692 g/mol. The summed E-state index contributed by atoms with van der Waals surface area (Å²) in [4.78, 5) is 2.40. The molecular formula is C52H37NO. The van der Waals surface area contributed by atoms with Gasteiger partial charge in [-0.1, -0.05) is 159 Å². The van der Waals surface area contributed by atoms with Crippen LogP contribution in [0.15, 0.2) is 192 Å². The topological polar surface area (TPSA) is 16.4 Å². The van der Waals surface area contributed by atoms with Crippen molar-refractivity contribution in [2.45, 2.75) is 24.7 Å². The van der Waals surface area contributed by atoms with Crippen LogP contribution in [-0.4, -0.2) is 0 Å². The van der Waals surface area contributed by atoms with Crippen LogP contribution in [0.2, 0.25) is 0 Å². The van der Waals surface area contributed by atoms with Gasteiger partial charge in [-0.25, -0.2) is 0 Å². The minimum Gasteiger partial charge on any atom is -0.456 e. The van der Waals surface area contributed by atoms with Gasteiger partial charge in [0.25, 0.3) is 0 Å². The van der Waals surface area contributed by atoms with Gasteiger partial charge in [-0.05, 0) is 92.5 Å². The highest BCUT2D eigenvalue weighted by Gasteiger charge is 2.47. The predicted octanol–water partition coefficient (Wildman–Crippen LogP) is 13.7. The summed E-state index contributed by atoms with van der Waals surface area (Å²) in [6.45, 7) is 4.70. The molecule has 256 valence electrons. The summed E-state index contributed by atoms with van der Waals surface area (Å²) in [7, 11) is 0. The summed E-state index contributed by atoms with van der Waals surface area (Å²) in [6.07, 6.45) is 0. The van der Waals surface area contributed by atoms with Crippen LogP contribution in [0, 0.1) is 0 Å². The highest BCUT2D eigenvalue weighted by Crippen LogP contribution is 2.58. The Morgan fingerprint density at radius 3 is 1.63 bits per heavy atom. The normalized spacial score (nSPS) is 14.4. The van der Waals surface area contributed by atoms with Crippen molar-refractivity contribution in [1.29, 1.82) is 0 Å². The standard InChI is InChI=1S/C52H37NO/c1-51(2)44-22-10-6-17-38(44)41-32-31-37(33-48(41)51)53(35-15-4-3-5-16-35)36-29-27-34(28-30-36)52(45-23-11-7-18-39(45)40-19-8-12-24-46(40)52)47-25-14-21-43-42-20-9-13-26-49(42)54-50(43)47/h3-33H,1-2H3. The van der Waals surface area contributed by atoms with Crippen LogP contribution in [0.5, 0.6) is 0 Å². The first kappa shape index (κ1) is 30.9. The third-order valence-corrected chi connectivity index (χ3v) is 12.2. The van der Waals surface area contributed by atoms with Gasteiger partial charge in [0.1, 0.15) is 11.2 Å². The van der Waals surface area contributed by atoms with Crippen LogP contribution in [-0.2, 0) is 10.8 Å². The van der Waals surface area contributed by atoms with Crippen molar-refractivity contribution in [2.24, 2.45) is 0 Å². The highest BCUT2D eigenvalue weighted by atomic mass is 16.3. The number of nitrogens with zero attached hydrogens (tertiary/aromatic N) is 1. The lowest BCUT2D eigenvalue weighted by molar-refractivity contribution is 0.648. The third-order valence-electron chi connectivity index (χ3n) is 12.2. The SMILES string of the molecule is CC1(C)c2ccccc2-c2ccc(N(c3ccccc3)c3ccc(C4(c5cccc6c5oc5ccccc56)c5ccccc5-c5ccccc54)cc3)cc21. The largest absolute Gasteiger partial charge is 0.456 e. The Hall–Kier alpha value is -6.64. The van der Waals surface area contributed by atoms with Crippen molar-refractivity contribution < 1.29 is 4.42 Å². The molecule has 0 unspecified atom stereocenters. The van der Waals surface area contributed by atoms with Crippen molar-refractivity contribution in [1.82, 2.24) is 0 Å². The Morgan fingerprint density at radius 1 is 0.389 bits per heavy atom. The first-order valence-electron chi connectivity index (χ1n) is 18.9. The Kier molecular flexibility index (Phi) is 6.55. The molecule has 2 heteroatoms. The summed E-state index contributed by atoms with van der Waals surface area (Å²) in [5.41, 5.74) is 17.3. The Morgan fingerprint density at radius 2 is 0.907 bits per heavy atom. The van der Waals surface area contributed by atoms with E-state index >= 15 is 0 Å². The number of para-hydroxylation sites is 3. The molecule has 1 heterocycles. The molecular weight excluding hydrogens is 655 g/mol. The van der Waals surface area contributed by atoms with Crippen LogP contribution < -0.4 is 4.90 Å². The first-order chi connectivity index (χ1) is 26.5. The fourth-order valence-electron chi connectivity index (χ4n) is 9.75. The molecule has 0 amide bonds. The summed E-state index contributed by atoms with van der Waals surface area (Å²) in [5, 5.41) is 2.27. The molecule has 0 fully saturated rings. The molecule has 8 aromatic carbocycles. The number of rotatable bonds is 5. The summed E-state index contributed by atoms with van der Waals surface area (Å²) < 4.78 is 6.82. The lowest BCUT2D eigenvalue weighted by Gasteiger charge is -2.34. The number of hydrogen-bond acceptors (Lipinski definition) is 2. The lowest BCUT2D eigenvalue weighted by Crippen LogP contribution is -2.29. The number of anilines is 3. The molecule has 0 aliphatic heterocycles. The van der Waals surface area contributed by atoms with Gasteiger partial charge in [0, 0.05) is 38.8 Å². The van der Waals surface area contributed by atoms with E-state index in [9.17, 15) is 0 Å². The van der Waals surface area contributed by atoms with Gasteiger partial charge in [-0.3, -0.25) is 0 Å². The van der Waals surface area contributed by atoms with Crippen molar-refractivity contribution in [3.8, 4) is 22.3 Å². The van der Waals surface area contributed by atoms with E-state index in [1.165, 1.54) is 50.1 Å². The van der Waals surface area contributed by atoms with Crippen molar-refractivity contribution >= 4 is 39.0 Å². The number of fused-ring (bicyclic) bond motifs is 9. The van der Waals surface area contributed by atoms with E-state index in [4.69, 9.17) is 4.42 Å². The van der Waals surface area contributed by atoms with Gasteiger partial charge in [0.05, 0.1) is 5.41 Å². The average Bonchev–Trinajstić information content (AvgIpc) is 3.83. The second kappa shape index (κ2) is 11.4. The summed E-state index contributed by atoms with van der Waals surface area (Å²) in [6, 6.07) is 68.8. The monoisotopic (exact) mass is 691 g/mol. The first-order valence-corrected chi connectivity index (χ1v) is 18.9. The van der Waals surface area contributed by atoms with Crippen LogP contribution >= 0.6 is 0 Å². The molecule has 0 atom stereocenters. The molecule has 2 nitrogen and oxygen atoms in total. The molecule has 54 heavy (non-hydrogen) atoms. The zero-order valence-corrected chi connectivity index (χ0v) is 30.3. The second-order valence-electron chi connectivity index (χ2n) is 15.2. The molecule has 0 saturated carbocycles. The molecule has 1 aromatic heterocycles. The van der Waals surface area contributed by atoms with Crippen molar-refractivity contribution in [2.75, 3.05) is 4.90 Å². The number of hydrogen-bond donors (Lipinski definition) is 0. The molecule has 0 bridgehead atoms. The quantitative estimate of drug-likeness (QED) is 0.179. The molecule has 0 N–H and O–H groups in total. The van der Waals surface area contributed by atoms with E-state index in [2.05, 4.69) is 207 Å².